The van der Waals surface area contributed by atoms with Crippen molar-refractivity contribution in [3.8, 4) is 17.0 Å². The zero-order valence-electron chi connectivity index (χ0n) is 17.2. The maximum absolute atomic E-state index is 13.2. The molecular formula is C21H22ClN7O3. The molecule has 10 nitrogen and oxygen atoms in total. The summed E-state index contributed by atoms with van der Waals surface area (Å²) in [5.74, 6) is 0.821. The molecule has 3 aliphatic rings. The third-order valence-electron chi connectivity index (χ3n) is 5.60. The van der Waals surface area contributed by atoms with Gasteiger partial charge in [-0.2, -0.15) is 5.10 Å². The van der Waals surface area contributed by atoms with E-state index in [0.717, 1.165) is 0 Å². The average molecular weight is 456 g/mol. The minimum absolute atomic E-state index is 0.261. The number of halogens is 1. The fourth-order valence-corrected chi connectivity index (χ4v) is 4.16. The van der Waals surface area contributed by atoms with Crippen LogP contribution < -0.4 is 20.8 Å². The van der Waals surface area contributed by atoms with Gasteiger partial charge in [0.1, 0.15) is 11.4 Å². The summed E-state index contributed by atoms with van der Waals surface area (Å²) in [4.78, 5) is 17.5. The number of hydrazine groups is 1. The van der Waals surface area contributed by atoms with Gasteiger partial charge >= 0.3 is 0 Å². The van der Waals surface area contributed by atoms with E-state index >= 15 is 0 Å². The van der Waals surface area contributed by atoms with E-state index < -0.39 is 6.10 Å². The van der Waals surface area contributed by atoms with Gasteiger partial charge in [-0.05, 0) is 24.3 Å². The molecule has 11 heteroatoms. The molecule has 2 aromatic rings. The Kier molecular flexibility index (Phi) is 5.43. The SMILES string of the molecule is COc1ccc(Cl)cc1-c1nn(C2CNCC2O)cc1NC(=O)C1=C2N=CC=CN2NC1. The molecule has 2 atom stereocenters. The number of allylic oxidation sites excluding steroid dienone is 1. The normalized spacial score (nSPS) is 21.9. The lowest BCUT2D eigenvalue weighted by molar-refractivity contribution is -0.112. The van der Waals surface area contributed by atoms with Gasteiger partial charge in [-0.3, -0.25) is 14.5 Å². The van der Waals surface area contributed by atoms with Crippen molar-refractivity contribution in [2.24, 2.45) is 4.99 Å². The number of amides is 1. The number of anilines is 1. The number of fused-ring (bicyclic) bond motifs is 1. The van der Waals surface area contributed by atoms with E-state index in [4.69, 9.17) is 21.4 Å². The highest BCUT2D eigenvalue weighted by Gasteiger charge is 2.31. The van der Waals surface area contributed by atoms with Crippen molar-refractivity contribution < 1.29 is 14.6 Å². The zero-order chi connectivity index (χ0) is 22.2. The average Bonchev–Trinajstić information content (AvgIpc) is 3.51. The van der Waals surface area contributed by atoms with Crippen LogP contribution in [0.1, 0.15) is 6.04 Å². The summed E-state index contributed by atoms with van der Waals surface area (Å²) < 4.78 is 7.18. The van der Waals surface area contributed by atoms with E-state index in [1.165, 1.54) is 0 Å². The van der Waals surface area contributed by atoms with Gasteiger partial charge < -0.3 is 20.5 Å². The van der Waals surface area contributed by atoms with Crippen LogP contribution in [-0.4, -0.2) is 64.9 Å². The fraction of sp³-hybridized carbons (Fsp3) is 0.286. The van der Waals surface area contributed by atoms with Crippen LogP contribution in [0.3, 0.4) is 0 Å². The molecule has 32 heavy (non-hydrogen) atoms. The summed E-state index contributed by atoms with van der Waals surface area (Å²) in [6, 6.07) is 4.95. The van der Waals surface area contributed by atoms with E-state index in [1.807, 2.05) is 0 Å². The van der Waals surface area contributed by atoms with Crippen molar-refractivity contribution in [2.75, 3.05) is 32.1 Å². The van der Waals surface area contributed by atoms with E-state index in [2.05, 4.69) is 21.1 Å². The van der Waals surface area contributed by atoms with Crippen molar-refractivity contribution in [1.29, 1.82) is 0 Å². The van der Waals surface area contributed by atoms with Crippen molar-refractivity contribution in [3.63, 3.8) is 0 Å². The predicted octanol–water partition coefficient (Wildman–Crippen LogP) is 1.29. The van der Waals surface area contributed by atoms with Gasteiger partial charge in [0.2, 0.25) is 0 Å². The van der Waals surface area contributed by atoms with Crippen molar-refractivity contribution in [1.82, 2.24) is 25.5 Å². The number of aliphatic hydroxyl groups is 1. The third kappa shape index (κ3) is 3.67. The number of aliphatic hydroxyl groups excluding tert-OH is 1. The molecule has 0 saturated carbocycles. The summed E-state index contributed by atoms with van der Waals surface area (Å²) in [7, 11) is 1.56. The van der Waals surface area contributed by atoms with Crippen LogP contribution in [0.15, 0.2) is 53.1 Å². The lowest BCUT2D eigenvalue weighted by Gasteiger charge is -2.15. The summed E-state index contributed by atoms with van der Waals surface area (Å²) in [5, 5.41) is 23.4. The number of aromatic nitrogens is 2. The second-order valence-electron chi connectivity index (χ2n) is 7.59. The standard InChI is InChI=1S/C21H22ClN7O3/c1-32-18-4-3-12(22)7-13(18)19-15(11-29(27-19)16-9-23-10-17(16)30)26-21(31)14-8-25-28-6-2-5-24-20(14)28/h2-7,11,16-17,23,25,30H,8-10H2,1H3,(H,26,31). The van der Waals surface area contributed by atoms with Gasteiger partial charge in [0.05, 0.1) is 30.5 Å². The highest BCUT2D eigenvalue weighted by atomic mass is 35.5. The number of nitrogens with zero attached hydrogens (tertiary/aromatic N) is 4. The van der Waals surface area contributed by atoms with Crippen LogP contribution >= 0.6 is 11.6 Å². The fourth-order valence-electron chi connectivity index (χ4n) is 3.98. The first-order valence-electron chi connectivity index (χ1n) is 10.1. The van der Waals surface area contributed by atoms with Gasteiger partial charge in [0, 0.05) is 48.8 Å². The zero-order valence-corrected chi connectivity index (χ0v) is 18.0. The van der Waals surface area contributed by atoms with Crippen LogP contribution in [0.2, 0.25) is 5.02 Å². The number of methoxy groups -OCH3 is 1. The Balaban J connectivity index is 1.55. The first kappa shape index (κ1) is 20.7. The van der Waals surface area contributed by atoms with Gasteiger partial charge in [0.25, 0.3) is 5.91 Å². The number of benzene rings is 1. The summed E-state index contributed by atoms with van der Waals surface area (Å²) in [5.41, 5.74) is 5.22. The number of aliphatic imine (C=N–C) groups is 1. The van der Waals surface area contributed by atoms with Crippen molar-refractivity contribution >= 4 is 29.4 Å². The largest absolute Gasteiger partial charge is 0.496 e. The van der Waals surface area contributed by atoms with Crippen molar-refractivity contribution in [3.05, 3.63) is 53.1 Å². The molecule has 1 aromatic heterocycles. The van der Waals surface area contributed by atoms with Crippen LogP contribution in [0, 0.1) is 0 Å². The Bertz CT molecular complexity index is 1160. The number of hydrogen-bond donors (Lipinski definition) is 4. The van der Waals surface area contributed by atoms with E-state index in [-0.39, 0.29) is 11.9 Å². The third-order valence-corrected chi connectivity index (χ3v) is 5.84. The topological polar surface area (TPSA) is 116 Å². The summed E-state index contributed by atoms with van der Waals surface area (Å²) in [6.07, 6.45) is 6.36. The first-order valence-corrected chi connectivity index (χ1v) is 10.5. The molecule has 0 aliphatic carbocycles. The Hall–Kier alpha value is -3.18. The molecule has 0 spiro atoms. The Morgan fingerprint density at radius 2 is 2.25 bits per heavy atom. The molecule has 3 aliphatic heterocycles. The van der Waals surface area contributed by atoms with E-state index in [0.29, 0.717) is 58.7 Å². The highest BCUT2D eigenvalue weighted by molar-refractivity contribution is 6.31. The Morgan fingerprint density at radius 1 is 1.38 bits per heavy atom. The minimum Gasteiger partial charge on any atom is -0.496 e. The summed E-state index contributed by atoms with van der Waals surface area (Å²) in [6.45, 7) is 1.39. The molecule has 0 bridgehead atoms. The number of nitrogens with one attached hydrogen (secondary N) is 3. The van der Waals surface area contributed by atoms with Crippen LogP contribution in [0.5, 0.6) is 5.75 Å². The van der Waals surface area contributed by atoms with E-state index in [1.54, 1.807) is 59.7 Å². The quantitative estimate of drug-likeness (QED) is 0.536. The molecule has 5 rings (SSSR count). The molecule has 4 N–H and O–H groups in total. The lowest BCUT2D eigenvalue weighted by Crippen LogP contribution is -2.27. The van der Waals surface area contributed by atoms with Gasteiger partial charge in [-0.1, -0.05) is 11.6 Å². The maximum atomic E-state index is 13.2. The molecule has 2 unspecified atom stereocenters. The second-order valence-corrected chi connectivity index (χ2v) is 8.03. The number of carbonyl (C=O) groups is 1. The first-order chi connectivity index (χ1) is 15.5. The van der Waals surface area contributed by atoms with Crippen LogP contribution in [0.4, 0.5) is 5.69 Å². The highest BCUT2D eigenvalue weighted by Crippen LogP contribution is 2.37. The monoisotopic (exact) mass is 455 g/mol. The van der Waals surface area contributed by atoms with Gasteiger partial charge in [-0.25, -0.2) is 10.4 Å². The lowest BCUT2D eigenvalue weighted by atomic mass is 10.1. The maximum Gasteiger partial charge on any atom is 0.256 e. The number of ether oxygens (including phenoxy) is 1. The second kappa shape index (κ2) is 8.40. The van der Waals surface area contributed by atoms with Crippen molar-refractivity contribution in [2.45, 2.75) is 12.1 Å². The van der Waals surface area contributed by atoms with E-state index in [9.17, 15) is 9.90 Å². The Morgan fingerprint density at radius 3 is 3.03 bits per heavy atom. The number of rotatable bonds is 5. The minimum atomic E-state index is -0.589. The Labute approximate surface area is 189 Å². The van der Waals surface area contributed by atoms with Gasteiger partial charge in [-0.15, -0.1) is 0 Å². The molecule has 166 valence electrons. The molecule has 1 fully saturated rings. The number of hydrogen-bond acceptors (Lipinski definition) is 8. The summed E-state index contributed by atoms with van der Waals surface area (Å²) >= 11 is 6.25. The predicted molar refractivity (Wildman–Crippen MR) is 120 cm³/mol. The van der Waals surface area contributed by atoms with Crippen LogP contribution in [-0.2, 0) is 4.79 Å². The molecule has 4 heterocycles. The number of carbonyl (C=O) groups excluding carboxylic acids is 1. The molecule has 1 aromatic carbocycles. The molecule has 0 radical (unpaired) electrons. The molecule has 1 saturated heterocycles. The number of β-amino-alcohol motifs (C(OH)–C–C–N with tert-alkyl or cyclic N) is 1. The smallest absolute Gasteiger partial charge is 0.256 e. The van der Waals surface area contributed by atoms with Crippen LogP contribution in [0.25, 0.3) is 11.3 Å². The molecular weight excluding hydrogens is 434 g/mol. The van der Waals surface area contributed by atoms with Gasteiger partial charge in [0.15, 0.2) is 5.82 Å². The molecule has 1 amide bonds.